The Kier molecular flexibility index (Phi) is 9.97. The smallest absolute Gasteiger partial charge is 0.422 e. The number of hydrazine groups is 1. The first-order valence-electron chi connectivity index (χ1n) is 11.7. The molecule has 1 heterocycles. The number of hydrogen-bond acceptors (Lipinski definition) is 9. The monoisotopic (exact) mass is 505 g/mol. The fourth-order valence-corrected chi connectivity index (χ4v) is 3.94. The molecule has 1 aromatic rings. The molecule has 1 aliphatic rings. The molecule has 1 atom stereocenters. The summed E-state index contributed by atoms with van der Waals surface area (Å²) in [5.74, 6) is -2.33. The van der Waals surface area contributed by atoms with Crippen LogP contribution in [0.5, 0.6) is 0 Å². The van der Waals surface area contributed by atoms with Crippen LogP contribution in [0.15, 0.2) is 30.3 Å². The van der Waals surface area contributed by atoms with Crippen LogP contribution in [0.2, 0.25) is 0 Å². The standard InChI is InChI=1S/C25H35N3O8/c1-18(29)25(13-9-12-20(30)34-5)22(32)27(16-21(31)36-24(2,3)4)14-15-28(25)26-23(33)35-17-19-10-7-6-8-11-19/h6-8,10-11H,9,12-17H2,1-5H3,(H,26,33)/t25-/m0/s1. The number of nitrogens with zero attached hydrogens (tertiary/aromatic N) is 2. The van der Waals surface area contributed by atoms with Crippen molar-refractivity contribution < 1.29 is 38.2 Å². The van der Waals surface area contributed by atoms with Crippen LogP contribution in [0.25, 0.3) is 0 Å². The summed E-state index contributed by atoms with van der Waals surface area (Å²) < 4.78 is 15.3. The van der Waals surface area contributed by atoms with Crippen LogP contribution < -0.4 is 5.43 Å². The third-order valence-corrected chi connectivity index (χ3v) is 5.60. The molecular formula is C25H35N3O8. The van der Waals surface area contributed by atoms with Crippen molar-refractivity contribution in [2.24, 2.45) is 0 Å². The lowest BCUT2D eigenvalue weighted by Crippen LogP contribution is -2.73. The van der Waals surface area contributed by atoms with E-state index in [0.29, 0.717) is 0 Å². The quantitative estimate of drug-likeness (QED) is 0.288. The minimum absolute atomic E-state index is 0.00532. The highest BCUT2D eigenvalue weighted by Crippen LogP contribution is 2.29. The summed E-state index contributed by atoms with van der Waals surface area (Å²) in [4.78, 5) is 64.5. The molecule has 0 spiro atoms. The topological polar surface area (TPSA) is 132 Å². The molecule has 0 unspecified atom stereocenters. The van der Waals surface area contributed by atoms with Gasteiger partial charge in [0.05, 0.1) is 7.11 Å². The first-order chi connectivity index (χ1) is 16.9. The number of hydrogen-bond donors (Lipinski definition) is 1. The van der Waals surface area contributed by atoms with Gasteiger partial charge in [-0.15, -0.1) is 0 Å². The molecule has 1 N–H and O–H groups in total. The van der Waals surface area contributed by atoms with E-state index in [9.17, 15) is 24.0 Å². The Morgan fingerprint density at radius 1 is 1.06 bits per heavy atom. The number of rotatable bonds is 10. The van der Waals surface area contributed by atoms with E-state index in [-0.39, 0.29) is 45.5 Å². The number of benzene rings is 1. The zero-order valence-electron chi connectivity index (χ0n) is 21.5. The first-order valence-corrected chi connectivity index (χ1v) is 11.7. The van der Waals surface area contributed by atoms with Crippen molar-refractivity contribution in [3.05, 3.63) is 35.9 Å². The van der Waals surface area contributed by atoms with E-state index in [0.717, 1.165) is 5.56 Å². The summed E-state index contributed by atoms with van der Waals surface area (Å²) in [5.41, 5.74) is 0.714. The SMILES string of the molecule is COC(=O)CCC[C@]1(C(C)=O)C(=O)N(CC(=O)OC(C)(C)C)CCN1NC(=O)OCc1ccccc1. The number of ether oxygens (including phenoxy) is 3. The van der Waals surface area contributed by atoms with Crippen molar-refractivity contribution in [3.63, 3.8) is 0 Å². The maximum Gasteiger partial charge on any atom is 0.422 e. The Hall–Kier alpha value is -3.47. The molecule has 11 heteroatoms. The Labute approximate surface area is 211 Å². The third kappa shape index (κ3) is 7.77. The van der Waals surface area contributed by atoms with Crippen molar-refractivity contribution in [2.45, 2.75) is 64.7 Å². The Bertz CT molecular complexity index is 960. The number of Topliss-reactive ketones (excluding diaryl/α,β-unsaturated/α-hetero) is 1. The molecule has 198 valence electrons. The number of carbonyl (C=O) groups excluding carboxylic acids is 5. The van der Waals surface area contributed by atoms with E-state index in [4.69, 9.17) is 9.47 Å². The largest absolute Gasteiger partial charge is 0.469 e. The van der Waals surface area contributed by atoms with Crippen molar-refractivity contribution in [1.82, 2.24) is 15.3 Å². The molecular weight excluding hydrogens is 470 g/mol. The number of nitrogens with one attached hydrogen (secondary N) is 1. The van der Waals surface area contributed by atoms with Gasteiger partial charge in [-0.1, -0.05) is 30.3 Å². The summed E-state index contributed by atoms with van der Waals surface area (Å²) >= 11 is 0. The Morgan fingerprint density at radius 2 is 1.72 bits per heavy atom. The number of esters is 2. The summed E-state index contributed by atoms with van der Waals surface area (Å²) in [6.07, 6.45) is -0.821. The molecule has 1 fully saturated rings. The molecule has 0 saturated carbocycles. The molecule has 1 saturated heterocycles. The number of piperazine rings is 1. The molecule has 1 aromatic carbocycles. The van der Waals surface area contributed by atoms with E-state index in [1.807, 2.05) is 6.07 Å². The van der Waals surface area contributed by atoms with Crippen LogP contribution in [0.4, 0.5) is 4.79 Å². The summed E-state index contributed by atoms with van der Waals surface area (Å²) in [6, 6.07) is 9.03. The Balaban J connectivity index is 2.23. The van der Waals surface area contributed by atoms with E-state index in [1.165, 1.54) is 23.9 Å². The van der Waals surface area contributed by atoms with Crippen molar-refractivity contribution >= 4 is 29.7 Å². The highest BCUT2D eigenvalue weighted by Gasteiger charge is 2.54. The van der Waals surface area contributed by atoms with Gasteiger partial charge in [-0.25, -0.2) is 4.79 Å². The first kappa shape index (κ1) is 28.8. The van der Waals surface area contributed by atoms with Gasteiger partial charge in [0.15, 0.2) is 11.3 Å². The molecule has 0 bridgehead atoms. The predicted molar refractivity (Wildman–Crippen MR) is 128 cm³/mol. The molecule has 0 aromatic heterocycles. The van der Waals surface area contributed by atoms with E-state index in [1.54, 1.807) is 45.0 Å². The summed E-state index contributed by atoms with van der Waals surface area (Å²) in [5, 5.41) is 1.24. The molecule has 11 nitrogen and oxygen atoms in total. The van der Waals surface area contributed by atoms with Crippen LogP contribution in [0.3, 0.4) is 0 Å². The zero-order chi connectivity index (χ0) is 26.9. The van der Waals surface area contributed by atoms with E-state index in [2.05, 4.69) is 10.2 Å². The van der Waals surface area contributed by atoms with Gasteiger partial charge in [0.1, 0.15) is 18.8 Å². The van der Waals surface area contributed by atoms with Crippen molar-refractivity contribution in [1.29, 1.82) is 0 Å². The number of methoxy groups -OCH3 is 1. The van der Waals surface area contributed by atoms with Crippen molar-refractivity contribution in [2.75, 3.05) is 26.7 Å². The summed E-state index contributed by atoms with van der Waals surface area (Å²) in [6.45, 7) is 6.11. The highest BCUT2D eigenvalue weighted by atomic mass is 16.6. The maximum absolute atomic E-state index is 13.7. The molecule has 0 radical (unpaired) electrons. The van der Waals surface area contributed by atoms with Gasteiger partial charge in [0, 0.05) is 19.5 Å². The van der Waals surface area contributed by atoms with Gasteiger partial charge in [-0.2, -0.15) is 5.01 Å². The zero-order valence-corrected chi connectivity index (χ0v) is 21.5. The lowest BCUT2D eigenvalue weighted by molar-refractivity contribution is -0.170. The second-order valence-electron chi connectivity index (χ2n) is 9.48. The van der Waals surface area contributed by atoms with Crippen LogP contribution >= 0.6 is 0 Å². The number of amides is 2. The minimum Gasteiger partial charge on any atom is -0.469 e. The molecule has 0 aliphatic carbocycles. The van der Waals surface area contributed by atoms with Crippen LogP contribution in [-0.2, 0) is 40.0 Å². The second-order valence-corrected chi connectivity index (χ2v) is 9.48. The lowest BCUT2D eigenvalue weighted by Gasteiger charge is -2.47. The maximum atomic E-state index is 13.7. The number of ketones is 1. The highest BCUT2D eigenvalue weighted by molar-refractivity contribution is 6.10. The third-order valence-electron chi connectivity index (χ3n) is 5.60. The number of carbonyl (C=O) groups is 5. The average Bonchev–Trinajstić information content (AvgIpc) is 2.80. The summed E-state index contributed by atoms with van der Waals surface area (Å²) in [7, 11) is 1.24. The normalized spacial score (nSPS) is 18.4. The molecule has 36 heavy (non-hydrogen) atoms. The molecule has 2 amide bonds. The second kappa shape index (κ2) is 12.5. The average molecular weight is 506 g/mol. The predicted octanol–water partition coefficient (Wildman–Crippen LogP) is 1.98. The van der Waals surface area contributed by atoms with Gasteiger partial charge in [0.2, 0.25) is 0 Å². The van der Waals surface area contributed by atoms with Crippen LogP contribution in [0, 0.1) is 0 Å². The minimum atomic E-state index is -1.83. The van der Waals surface area contributed by atoms with Gasteiger partial charge in [-0.3, -0.25) is 24.6 Å². The van der Waals surface area contributed by atoms with Gasteiger partial charge in [0.25, 0.3) is 5.91 Å². The van der Waals surface area contributed by atoms with E-state index >= 15 is 0 Å². The Morgan fingerprint density at radius 3 is 2.31 bits per heavy atom. The van der Waals surface area contributed by atoms with Gasteiger partial charge in [-0.05, 0) is 46.1 Å². The van der Waals surface area contributed by atoms with Crippen molar-refractivity contribution in [3.8, 4) is 0 Å². The van der Waals surface area contributed by atoms with Crippen LogP contribution in [0.1, 0.15) is 52.5 Å². The molecule has 2 rings (SSSR count). The fourth-order valence-electron chi connectivity index (χ4n) is 3.94. The van der Waals surface area contributed by atoms with Crippen LogP contribution in [-0.4, -0.2) is 77.5 Å². The lowest BCUT2D eigenvalue weighted by atomic mass is 9.84. The molecule has 1 aliphatic heterocycles. The van der Waals surface area contributed by atoms with Gasteiger partial charge < -0.3 is 19.1 Å². The van der Waals surface area contributed by atoms with E-state index < -0.39 is 40.9 Å². The fraction of sp³-hybridized carbons (Fsp3) is 0.560. The van der Waals surface area contributed by atoms with Gasteiger partial charge >= 0.3 is 18.0 Å².